The molecule has 9 aromatic rings. The Bertz CT molecular complexity index is 2650. The van der Waals surface area contributed by atoms with E-state index in [4.69, 9.17) is 0 Å². The van der Waals surface area contributed by atoms with Crippen LogP contribution in [0, 0.1) is 0 Å². The number of hydrogen-bond acceptors (Lipinski definition) is 2. The molecule has 1 heterocycles. The fraction of sp³-hybridized carbons (Fsp3) is 0.0213. The van der Waals surface area contributed by atoms with E-state index in [1.807, 2.05) is 11.3 Å². The third-order valence-electron chi connectivity index (χ3n) is 10.3. The van der Waals surface area contributed by atoms with Gasteiger partial charge in [-0.25, -0.2) is 0 Å². The molecule has 49 heavy (non-hydrogen) atoms. The Balaban J connectivity index is 1.10. The highest BCUT2D eigenvalue weighted by molar-refractivity contribution is 7.27. The summed E-state index contributed by atoms with van der Waals surface area (Å²) in [5, 5.41) is 9.07. The van der Waals surface area contributed by atoms with Crippen LogP contribution in [0.25, 0.3) is 53.2 Å². The minimum absolute atomic E-state index is 0.422. The van der Waals surface area contributed by atoms with Crippen molar-refractivity contribution in [3.05, 3.63) is 204 Å². The molecule has 0 bridgehead atoms. The van der Waals surface area contributed by atoms with Crippen LogP contribution in [0.4, 0.5) is 11.4 Å². The van der Waals surface area contributed by atoms with Crippen LogP contribution in [0.15, 0.2) is 182 Å². The van der Waals surface area contributed by atoms with Gasteiger partial charge in [0.1, 0.15) is 0 Å². The van der Waals surface area contributed by atoms with Crippen molar-refractivity contribution >= 4 is 53.7 Å². The zero-order valence-corrected chi connectivity index (χ0v) is 27.5. The molecule has 0 unspecified atom stereocenters. The van der Waals surface area contributed by atoms with Gasteiger partial charge in [0, 0.05) is 31.5 Å². The van der Waals surface area contributed by atoms with Crippen LogP contribution in [-0.2, 0) is 5.41 Å². The van der Waals surface area contributed by atoms with Gasteiger partial charge in [-0.2, -0.15) is 0 Å². The van der Waals surface area contributed by atoms with E-state index in [2.05, 4.69) is 187 Å². The smallest absolute Gasteiger partial charge is 0.0714 e. The molecule has 1 aliphatic carbocycles. The van der Waals surface area contributed by atoms with E-state index in [0.29, 0.717) is 0 Å². The van der Waals surface area contributed by atoms with Crippen molar-refractivity contribution in [3.8, 4) is 22.3 Å². The molecule has 1 aromatic heterocycles. The lowest BCUT2D eigenvalue weighted by Gasteiger charge is -2.34. The van der Waals surface area contributed by atoms with Gasteiger partial charge < -0.3 is 5.32 Å². The summed E-state index contributed by atoms with van der Waals surface area (Å²) >= 11 is 1.91. The fourth-order valence-corrected chi connectivity index (χ4v) is 9.58. The van der Waals surface area contributed by atoms with Gasteiger partial charge in [-0.1, -0.05) is 158 Å². The van der Waals surface area contributed by atoms with Crippen LogP contribution < -0.4 is 5.32 Å². The summed E-state index contributed by atoms with van der Waals surface area (Å²) in [6.45, 7) is 0. The minimum atomic E-state index is -0.422. The first-order valence-electron chi connectivity index (χ1n) is 16.8. The summed E-state index contributed by atoms with van der Waals surface area (Å²) in [5.74, 6) is 0. The van der Waals surface area contributed by atoms with Crippen LogP contribution in [0.3, 0.4) is 0 Å². The molecule has 10 rings (SSSR count). The van der Waals surface area contributed by atoms with Gasteiger partial charge in [0.25, 0.3) is 0 Å². The molecule has 0 atom stereocenters. The first-order chi connectivity index (χ1) is 24.3. The highest BCUT2D eigenvalue weighted by atomic mass is 32.1. The molecule has 230 valence electrons. The number of thiophene rings is 1. The molecule has 0 fully saturated rings. The molecular weight excluding hydrogens is 611 g/mol. The summed E-state index contributed by atoms with van der Waals surface area (Å²) in [6.07, 6.45) is 0. The normalized spacial score (nSPS) is 13.1. The van der Waals surface area contributed by atoms with Crippen LogP contribution in [0.1, 0.15) is 22.3 Å². The zero-order valence-electron chi connectivity index (χ0n) is 26.7. The Kier molecular flexibility index (Phi) is 6.34. The number of nitrogens with one attached hydrogen (secondary N) is 1. The summed E-state index contributed by atoms with van der Waals surface area (Å²) < 4.78 is 2.69. The summed E-state index contributed by atoms with van der Waals surface area (Å²) in [6, 6.07) is 66.6. The summed E-state index contributed by atoms with van der Waals surface area (Å²) in [7, 11) is 0. The van der Waals surface area contributed by atoms with Crippen LogP contribution in [0.2, 0.25) is 0 Å². The maximum absolute atomic E-state index is 3.81. The molecule has 1 N–H and O–H groups in total. The van der Waals surface area contributed by atoms with Crippen molar-refractivity contribution in [1.82, 2.24) is 0 Å². The van der Waals surface area contributed by atoms with E-state index in [0.717, 1.165) is 11.4 Å². The lowest BCUT2D eigenvalue weighted by atomic mass is 9.67. The first kappa shape index (κ1) is 28.1. The summed E-state index contributed by atoms with van der Waals surface area (Å²) in [4.78, 5) is 0. The van der Waals surface area contributed by atoms with Crippen molar-refractivity contribution in [2.45, 2.75) is 5.41 Å². The van der Waals surface area contributed by atoms with Gasteiger partial charge in [-0.3, -0.25) is 0 Å². The van der Waals surface area contributed by atoms with Crippen molar-refractivity contribution < 1.29 is 0 Å². The number of rotatable bonds is 5. The molecule has 0 saturated heterocycles. The Morgan fingerprint density at radius 1 is 0.388 bits per heavy atom. The SMILES string of the molecule is c1ccc(C2(c3ccccc3)c3ccccc3-c3ccc(Nc4cccc(-c5cccc6c5sc5c7ccccc7ccc65)c4)cc32)cc1. The largest absolute Gasteiger partial charge is 0.355 e. The first-order valence-corrected chi connectivity index (χ1v) is 17.7. The van der Waals surface area contributed by atoms with E-state index in [-0.39, 0.29) is 0 Å². The monoisotopic (exact) mass is 641 g/mol. The lowest BCUT2D eigenvalue weighted by Crippen LogP contribution is -2.28. The predicted molar refractivity (Wildman–Crippen MR) is 209 cm³/mol. The second-order valence-corrected chi connectivity index (χ2v) is 14.0. The van der Waals surface area contributed by atoms with E-state index in [1.54, 1.807) is 0 Å². The standard InChI is InChI=1S/C47H31NS/c1-3-15-33(16-4-1)47(34-17-5-2-6-18-34)43-24-10-9-21-39(43)40-28-26-36(30-44(40)47)48-35-19-11-14-32(29-35)38-22-12-23-41-42-27-25-31-13-7-8-20-37(31)45(42)49-46(38)41/h1-30,48H. The Hall–Kier alpha value is -5.96. The molecule has 0 radical (unpaired) electrons. The van der Waals surface area contributed by atoms with E-state index < -0.39 is 5.41 Å². The third kappa shape index (κ3) is 4.24. The quantitative estimate of drug-likeness (QED) is 0.197. The number of fused-ring (bicyclic) bond motifs is 8. The highest BCUT2D eigenvalue weighted by Gasteiger charge is 2.46. The molecule has 0 spiro atoms. The molecular formula is C47H31NS. The number of hydrogen-bond donors (Lipinski definition) is 1. The topological polar surface area (TPSA) is 12.0 Å². The van der Waals surface area contributed by atoms with E-state index >= 15 is 0 Å². The second kappa shape index (κ2) is 11.1. The van der Waals surface area contributed by atoms with Crippen LogP contribution >= 0.6 is 11.3 Å². The Morgan fingerprint density at radius 2 is 1.02 bits per heavy atom. The zero-order chi connectivity index (χ0) is 32.4. The maximum atomic E-state index is 3.81. The Labute approximate surface area is 289 Å². The lowest BCUT2D eigenvalue weighted by molar-refractivity contribution is 0.769. The third-order valence-corrected chi connectivity index (χ3v) is 11.6. The molecule has 1 aliphatic rings. The second-order valence-electron chi connectivity index (χ2n) is 12.9. The van der Waals surface area contributed by atoms with Gasteiger partial charge in [0.15, 0.2) is 0 Å². The van der Waals surface area contributed by atoms with Crippen molar-refractivity contribution in [3.63, 3.8) is 0 Å². The van der Waals surface area contributed by atoms with Crippen molar-refractivity contribution in [2.75, 3.05) is 5.32 Å². The van der Waals surface area contributed by atoms with Gasteiger partial charge in [0.05, 0.1) is 5.41 Å². The number of anilines is 2. The molecule has 2 heteroatoms. The van der Waals surface area contributed by atoms with Gasteiger partial charge in [-0.15, -0.1) is 11.3 Å². The van der Waals surface area contributed by atoms with Gasteiger partial charge in [-0.05, 0) is 79.5 Å². The van der Waals surface area contributed by atoms with E-state index in [9.17, 15) is 0 Å². The van der Waals surface area contributed by atoms with Crippen LogP contribution in [0.5, 0.6) is 0 Å². The maximum Gasteiger partial charge on any atom is 0.0714 e. The molecule has 0 saturated carbocycles. The minimum Gasteiger partial charge on any atom is -0.355 e. The average molecular weight is 642 g/mol. The summed E-state index contributed by atoms with van der Waals surface area (Å²) in [5.41, 5.74) is 12.0. The average Bonchev–Trinajstić information content (AvgIpc) is 3.70. The van der Waals surface area contributed by atoms with Gasteiger partial charge >= 0.3 is 0 Å². The van der Waals surface area contributed by atoms with E-state index in [1.165, 1.54) is 75.5 Å². The molecule has 8 aromatic carbocycles. The van der Waals surface area contributed by atoms with Crippen LogP contribution in [-0.4, -0.2) is 0 Å². The van der Waals surface area contributed by atoms with Gasteiger partial charge in [0.2, 0.25) is 0 Å². The Morgan fingerprint density at radius 3 is 1.86 bits per heavy atom. The molecule has 0 amide bonds. The molecule has 1 nitrogen and oxygen atoms in total. The molecule has 0 aliphatic heterocycles. The van der Waals surface area contributed by atoms with Crippen molar-refractivity contribution in [1.29, 1.82) is 0 Å². The predicted octanol–water partition coefficient (Wildman–Crippen LogP) is 13.0. The van der Waals surface area contributed by atoms with Crippen molar-refractivity contribution in [2.24, 2.45) is 0 Å². The number of benzene rings is 8. The fourth-order valence-electron chi connectivity index (χ4n) is 8.21. The highest BCUT2D eigenvalue weighted by Crippen LogP contribution is 2.56.